The summed E-state index contributed by atoms with van der Waals surface area (Å²) in [5.41, 5.74) is 2.38. The predicted octanol–water partition coefficient (Wildman–Crippen LogP) is 2.76. The van der Waals surface area contributed by atoms with Crippen molar-refractivity contribution in [2.24, 2.45) is 7.05 Å². The van der Waals surface area contributed by atoms with Gasteiger partial charge in [0.15, 0.2) is 0 Å². The van der Waals surface area contributed by atoms with E-state index in [9.17, 15) is 0 Å². The molecule has 0 aliphatic carbocycles. The maximum atomic E-state index is 5.87. The summed E-state index contributed by atoms with van der Waals surface area (Å²) in [5.74, 6) is 2.24. The first-order valence-corrected chi connectivity index (χ1v) is 9.74. The van der Waals surface area contributed by atoms with Gasteiger partial charge >= 0.3 is 0 Å². The van der Waals surface area contributed by atoms with Crippen molar-refractivity contribution in [3.05, 3.63) is 59.9 Å². The van der Waals surface area contributed by atoms with Gasteiger partial charge in [-0.3, -0.25) is 4.98 Å². The number of nitrogens with zero attached hydrogens (tertiary/aromatic N) is 5. The van der Waals surface area contributed by atoms with Crippen molar-refractivity contribution < 1.29 is 4.74 Å². The third kappa shape index (κ3) is 6.76. The quantitative estimate of drug-likeness (QED) is 0.483. The Balaban J connectivity index is 1.39. The molecule has 0 aliphatic heterocycles. The second-order valence-corrected chi connectivity index (χ2v) is 7.11. The molecule has 1 aromatic carbocycles. The summed E-state index contributed by atoms with van der Waals surface area (Å²) in [6.45, 7) is 2.96. The number of aryl methyl sites for hydroxylation is 1. The highest BCUT2D eigenvalue weighted by atomic mass is 16.5. The zero-order valence-electron chi connectivity index (χ0n) is 17.3. The topological polar surface area (TPSA) is 80.1 Å². The van der Waals surface area contributed by atoms with Crippen LogP contribution in [0, 0.1) is 0 Å². The zero-order valence-corrected chi connectivity index (χ0v) is 17.3. The summed E-state index contributed by atoms with van der Waals surface area (Å²) >= 11 is 0. The average Bonchev–Trinajstić information content (AvgIpc) is 3.06. The van der Waals surface area contributed by atoms with E-state index >= 15 is 0 Å². The third-order valence-corrected chi connectivity index (χ3v) is 4.23. The van der Waals surface area contributed by atoms with Gasteiger partial charge in [-0.05, 0) is 55.9 Å². The van der Waals surface area contributed by atoms with Crippen LogP contribution in [0.1, 0.15) is 17.5 Å². The van der Waals surface area contributed by atoms with Crippen LogP contribution in [0.15, 0.2) is 48.8 Å². The molecule has 0 unspecified atom stereocenters. The standard InChI is InChI=1S/C21H29N7O/c1-27(2)16-18-6-4-7-19(14-18)29-13-5-10-23-21-25-20(26-28(21)3)24-15-17-8-11-22-12-9-17/h4,6-9,11-12,14H,5,10,13,15-16H2,1-3H3,(H2,23,24,25,26). The molecule has 0 amide bonds. The van der Waals surface area contributed by atoms with Crippen LogP contribution in [0.2, 0.25) is 0 Å². The van der Waals surface area contributed by atoms with Crippen molar-refractivity contribution in [2.75, 3.05) is 37.9 Å². The molecule has 3 aromatic rings. The molecule has 154 valence electrons. The lowest BCUT2D eigenvalue weighted by atomic mass is 10.2. The molecule has 0 saturated heterocycles. The first kappa shape index (κ1) is 20.6. The Bertz CT molecular complexity index is 880. The number of hydrogen-bond donors (Lipinski definition) is 2. The predicted molar refractivity (Wildman–Crippen MR) is 115 cm³/mol. The monoisotopic (exact) mass is 395 g/mol. The van der Waals surface area contributed by atoms with Gasteiger partial charge in [-0.2, -0.15) is 4.98 Å². The van der Waals surface area contributed by atoms with Gasteiger partial charge < -0.3 is 20.3 Å². The average molecular weight is 396 g/mol. The number of ether oxygens (including phenoxy) is 1. The summed E-state index contributed by atoms with van der Waals surface area (Å²) in [5, 5.41) is 10.9. The van der Waals surface area contributed by atoms with Gasteiger partial charge in [0.25, 0.3) is 0 Å². The molecule has 0 aliphatic rings. The highest BCUT2D eigenvalue weighted by molar-refractivity contribution is 5.35. The number of rotatable bonds is 11. The summed E-state index contributed by atoms with van der Waals surface area (Å²) in [4.78, 5) is 10.6. The van der Waals surface area contributed by atoms with E-state index in [1.807, 2.05) is 31.3 Å². The van der Waals surface area contributed by atoms with E-state index in [-0.39, 0.29) is 0 Å². The number of aromatic nitrogens is 4. The number of pyridine rings is 1. The Morgan fingerprint density at radius 3 is 2.69 bits per heavy atom. The Kier molecular flexibility index (Phi) is 7.40. The van der Waals surface area contributed by atoms with Crippen LogP contribution < -0.4 is 15.4 Å². The van der Waals surface area contributed by atoms with Crippen molar-refractivity contribution in [3.8, 4) is 5.75 Å². The van der Waals surface area contributed by atoms with E-state index in [2.05, 4.69) is 56.8 Å². The molecule has 2 aromatic heterocycles. The number of nitrogens with one attached hydrogen (secondary N) is 2. The number of benzene rings is 1. The van der Waals surface area contributed by atoms with Gasteiger partial charge in [-0.15, -0.1) is 5.10 Å². The Morgan fingerprint density at radius 1 is 1.07 bits per heavy atom. The molecule has 8 heteroatoms. The van der Waals surface area contributed by atoms with Crippen molar-refractivity contribution in [1.82, 2.24) is 24.6 Å². The lowest BCUT2D eigenvalue weighted by Gasteiger charge is -2.12. The fraction of sp³-hybridized carbons (Fsp3) is 0.381. The van der Waals surface area contributed by atoms with E-state index < -0.39 is 0 Å². The van der Waals surface area contributed by atoms with Crippen LogP contribution >= 0.6 is 0 Å². The van der Waals surface area contributed by atoms with Crippen LogP contribution in [0.5, 0.6) is 5.75 Å². The van der Waals surface area contributed by atoms with Gasteiger partial charge in [0, 0.05) is 39.1 Å². The lowest BCUT2D eigenvalue weighted by Crippen LogP contribution is -2.11. The fourth-order valence-corrected chi connectivity index (χ4v) is 2.86. The van der Waals surface area contributed by atoms with Crippen LogP contribution in [0.4, 0.5) is 11.9 Å². The highest BCUT2D eigenvalue weighted by Gasteiger charge is 2.06. The molecule has 0 saturated carbocycles. The molecule has 0 fully saturated rings. The van der Waals surface area contributed by atoms with E-state index in [1.165, 1.54) is 5.56 Å². The molecule has 8 nitrogen and oxygen atoms in total. The minimum Gasteiger partial charge on any atom is -0.494 e. The zero-order chi connectivity index (χ0) is 20.5. The summed E-state index contributed by atoms with van der Waals surface area (Å²) in [6.07, 6.45) is 4.41. The Labute approximate surface area is 171 Å². The smallest absolute Gasteiger partial charge is 0.244 e. The van der Waals surface area contributed by atoms with Crippen LogP contribution in [-0.2, 0) is 20.1 Å². The van der Waals surface area contributed by atoms with Gasteiger partial charge in [-0.1, -0.05) is 12.1 Å². The normalized spacial score (nSPS) is 10.9. The van der Waals surface area contributed by atoms with Crippen molar-refractivity contribution in [2.45, 2.75) is 19.5 Å². The molecular weight excluding hydrogens is 366 g/mol. The SMILES string of the molecule is CN(C)Cc1cccc(OCCCNc2nc(NCc3ccncc3)nn2C)c1. The van der Waals surface area contributed by atoms with Crippen molar-refractivity contribution in [1.29, 1.82) is 0 Å². The second-order valence-electron chi connectivity index (χ2n) is 7.11. The number of anilines is 2. The summed E-state index contributed by atoms with van der Waals surface area (Å²) in [6, 6.07) is 12.2. The molecule has 0 atom stereocenters. The molecule has 0 bridgehead atoms. The van der Waals surface area contributed by atoms with Gasteiger partial charge in [0.1, 0.15) is 5.75 Å². The number of hydrogen-bond acceptors (Lipinski definition) is 7. The first-order valence-electron chi connectivity index (χ1n) is 9.74. The van der Waals surface area contributed by atoms with Gasteiger partial charge in [0.05, 0.1) is 6.61 Å². The maximum absolute atomic E-state index is 5.87. The second kappa shape index (κ2) is 10.4. The van der Waals surface area contributed by atoms with Crippen molar-refractivity contribution in [3.63, 3.8) is 0 Å². The Morgan fingerprint density at radius 2 is 1.90 bits per heavy atom. The molecule has 0 radical (unpaired) electrons. The van der Waals surface area contributed by atoms with Gasteiger partial charge in [0.2, 0.25) is 11.9 Å². The van der Waals surface area contributed by atoms with Crippen molar-refractivity contribution >= 4 is 11.9 Å². The van der Waals surface area contributed by atoms with E-state index in [0.29, 0.717) is 19.1 Å². The molecule has 3 rings (SSSR count). The minimum atomic E-state index is 0.598. The molecule has 2 heterocycles. The minimum absolute atomic E-state index is 0.598. The maximum Gasteiger partial charge on any atom is 0.244 e. The van der Waals surface area contributed by atoms with E-state index in [0.717, 1.165) is 36.8 Å². The molecule has 0 spiro atoms. The van der Waals surface area contributed by atoms with Gasteiger partial charge in [-0.25, -0.2) is 4.68 Å². The largest absolute Gasteiger partial charge is 0.494 e. The van der Waals surface area contributed by atoms with E-state index in [1.54, 1.807) is 17.1 Å². The van der Waals surface area contributed by atoms with Crippen LogP contribution in [-0.4, -0.2) is 51.9 Å². The lowest BCUT2D eigenvalue weighted by molar-refractivity contribution is 0.313. The molecular formula is C21H29N7O. The first-order chi connectivity index (χ1) is 14.1. The molecule has 2 N–H and O–H groups in total. The fourth-order valence-electron chi connectivity index (χ4n) is 2.86. The summed E-state index contributed by atoms with van der Waals surface area (Å²) in [7, 11) is 6.00. The summed E-state index contributed by atoms with van der Waals surface area (Å²) < 4.78 is 7.61. The van der Waals surface area contributed by atoms with Crippen LogP contribution in [0.25, 0.3) is 0 Å². The van der Waals surface area contributed by atoms with Crippen LogP contribution in [0.3, 0.4) is 0 Å². The Hall–Kier alpha value is -3.13. The third-order valence-electron chi connectivity index (χ3n) is 4.23. The van der Waals surface area contributed by atoms with E-state index in [4.69, 9.17) is 4.74 Å². The molecule has 29 heavy (non-hydrogen) atoms. The highest BCUT2D eigenvalue weighted by Crippen LogP contribution is 2.15.